The maximum atomic E-state index is 4.61. The normalized spacial score (nSPS) is 14.6. The number of nitrogens with one attached hydrogen (secondary N) is 2. The SMILES string of the molecule is c1ccc(-c2cc3c(-c4cc5c(N6CCCCC6)cccc5[nH]4)n[nH]c3cn2)nc1. The molecule has 1 aromatic carbocycles. The van der Waals surface area contributed by atoms with Gasteiger partial charge in [-0.2, -0.15) is 5.10 Å². The van der Waals surface area contributed by atoms with Crippen molar-refractivity contribution in [1.82, 2.24) is 25.1 Å². The molecule has 2 N–H and O–H groups in total. The number of anilines is 1. The molecule has 30 heavy (non-hydrogen) atoms. The molecule has 148 valence electrons. The summed E-state index contributed by atoms with van der Waals surface area (Å²) >= 11 is 0. The third kappa shape index (κ3) is 2.84. The van der Waals surface area contributed by atoms with Crippen LogP contribution in [-0.2, 0) is 0 Å². The minimum Gasteiger partial charge on any atom is -0.371 e. The number of aromatic nitrogens is 5. The highest BCUT2D eigenvalue weighted by molar-refractivity contribution is 6.00. The van der Waals surface area contributed by atoms with E-state index in [0.29, 0.717) is 0 Å². The molecule has 0 radical (unpaired) electrons. The number of hydrogen-bond donors (Lipinski definition) is 2. The Morgan fingerprint density at radius 3 is 2.60 bits per heavy atom. The number of rotatable bonds is 3. The molecular weight excluding hydrogens is 372 g/mol. The Kier molecular flexibility index (Phi) is 4.01. The van der Waals surface area contributed by atoms with Crippen molar-refractivity contribution in [2.75, 3.05) is 18.0 Å². The van der Waals surface area contributed by atoms with E-state index in [0.717, 1.165) is 52.3 Å². The summed E-state index contributed by atoms with van der Waals surface area (Å²) in [6, 6.07) is 16.7. The van der Waals surface area contributed by atoms with Crippen LogP contribution in [-0.4, -0.2) is 38.2 Å². The van der Waals surface area contributed by atoms with Crippen LogP contribution in [0.3, 0.4) is 0 Å². The molecule has 0 spiro atoms. The lowest BCUT2D eigenvalue weighted by molar-refractivity contribution is 0.579. The van der Waals surface area contributed by atoms with Gasteiger partial charge in [0.15, 0.2) is 0 Å². The highest BCUT2D eigenvalue weighted by atomic mass is 15.1. The average Bonchev–Trinajstić information content (AvgIpc) is 3.43. The predicted octanol–water partition coefficient (Wildman–Crippen LogP) is 5.16. The van der Waals surface area contributed by atoms with E-state index in [1.54, 1.807) is 6.20 Å². The minimum atomic E-state index is 0.843. The van der Waals surface area contributed by atoms with Gasteiger partial charge in [0.1, 0.15) is 5.69 Å². The van der Waals surface area contributed by atoms with Crippen LogP contribution in [0.5, 0.6) is 0 Å². The van der Waals surface area contributed by atoms with Crippen molar-refractivity contribution < 1.29 is 0 Å². The standard InChI is InChI=1S/C24H22N6/c1-4-11-30(12-5-1)23-9-6-8-18-16(23)13-21(27-18)24-17-14-20(19-7-2-3-10-25-19)26-15-22(17)28-29-24/h2-3,6-10,13-15,27H,1,4-5,11-12H2,(H,28,29). The van der Waals surface area contributed by atoms with Crippen molar-refractivity contribution in [1.29, 1.82) is 0 Å². The zero-order valence-electron chi connectivity index (χ0n) is 16.6. The highest BCUT2D eigenvalue weighted by Crippen LogP contribution is 2.34. The van der Waals surface area contributed by atoms with Crippen LogP contribution in [0.25, 0.3) is 44.6 Å². The zero-order chi connectivity index (χ0) is 19.9. The second-order valence-corrected chi connectivity index (χ2v) is 7.87. The van der Waals surface area contributed by atoms with E-state index in [2.05, 4.69) is 60.4 Å². The Balaban J connectivity index is 1.47. The quantitative estimate of drug-likeness (QED) is 0.443. The summed E-state index contributed by atoms with van der Waals surface area (Å²) in [5.41, 5.74) is 6.99. The van der Waals surface area contributed by atoms with E-state index in [9.17, 15) is 0 Å². The Bertz CT molecular complexity index is 1330. The summed E-state index contributed by atoms with van der Waals surface area (Å²) in [5, 5.41) is 10.0. The van der Waals surface area contributed by atoms with Crippen LogP contribution in [0, 0.1) is 0 Å². The fourth-order valence-electron chi connectivity index (χ4n) is 4.45. The first-order valence-corrected chi connectivity index (χ1v) is 10.5. The van der Waals surface area contributed by atoms with Gasteiger partial charge in [-0.3, -0.25) is 15.1 Å². The van der Waals surface area contributed by atoms with Crippen molar-refractivity contribution in [3.63, 3.8) is 0 Å². The molecule has 5 aromatic rings. The van der Waals surface area contributed by atoms with E-state index >= 15 is 0 Å². The molecule has 1 saturated heterocycles. The number of nitrogens with zero attached hydrogens (tertiary/aromatic N) is 4. The first-order chi connectivity index (χ1) is 14.9. The molecule has 6 nitrogen and oxygen atoms in total. The van der Waals surface area contributed by atoms with Crippen LogP contribution >= 0.6 is 0 Å². The molecule has 0 bridgehead atoms. The maximum Gasteiger partial charge on any atom is 0.116 e. The van der Waals surface area contributed by atoms with Gasteiger partial charge in [-0.1, -0.05) is 12.1 Å². The van der Waals surface area contributed by atoms with Crippen LogP contribution in [0.1, 0.15) is 19.3 Å². The Morgan fingerprint density at radius 1 is 0.800 bits per heavy atom. The van der Waals surface area contributed by atoms with E-state index in [1.807, 2.05) is 24.4 Å². The lowest BCUT2D eigenvalue weighted by Gasteiger charge is -2.29. The van der Waals surface area contributed by atoms with Gasteiger partial charge in [-0.15, -0.1) is 0 Å². The number of benzene rings is 1. The molecule has 0 saturated carbocycles. The summed E-state index contributed by atoms with van der Waals surface area (Å²) in [4.78, 5) is 15.1. The fraction of sp³-hybridized carbons (Fsp3) is 0.208. The average molecular weight is 394 g/mol. The van der Waals surface area contributed by atoms with Crippen molar-refractivity contribution in [3.8, 4) is 22.8 Å². The van der Waals surface area contributed by atoms with E-state index in [1.165, 1.54) is 30.3 Å². The molecule has 5 heterocycles. The number of fused-ring (bicyclic) bond motifs is 2. The third-order valence-electron chi connectivity index (χ3n) is 5.97. The van der Waals surface area contributed by atoms with Crippen molar-refractivity contribution >= 4 is 27.5 Å². The summed E-state index contributed by atoms with van der Waals surface area (Å²) in [5.74, 6) is 0. The van der Waals surface area contributed by atoms with Crippen LogP contribution in [0.4, 0.5) is 5.69 Å². The first kappa shape index (κ1) is 17.2. The lowest BCUT2D eigenvalue weighted by Crippen LogP contribution is -2.29. The third-order valence-corrected chi connectivity index (χ3v) is 5.97. The lowest BCUT2D eigenvalue weighted by atomic mass is 10.1. The molecule has 6 heteroatoms. The summed E-state index contributed by atoms with van der Waals surface area (Å²) < 4.78 is 0. The maximum absolute atomic E-state index is 4.61. The molecule has 0 atom stereocenters. The molecule has 1 aliphatic rings. The number of H-pyrrole nitrogens is 2. The molecular formula is C24H22N6. The van der Waals surface area contributed by atoms with Gasteiger partial charge in [-0.05, 0) is 55.7 Å². The number of aromatic amines is 2. The topological polar surface area (TPSA) is 73.5 Å². The molecule has 1 aliphatic heterocycles. The summed E-state index contributed by atoms with van der Waals surface area (Å²) in [7, 11) is 0. The van der Waals surface area contributed by atoms with Gasteiger partial charge in [-0.25, -0.2) is 0 Å². The van der Waals surface area contributed by atoms with Crippen molar-refractivity contribution in [2.24, 2.45) is 0 Å². The molecule has 0 aliphatic carbocycles. The van der Waals surface area contributed by atoms with Gasteiger partial charge in [0, 0.05) is 41.3 Å². The number of piperidine rings is 1. The zero-order valence-corrected chi connectivity index (χ0v) is 16.6. The number of pyridine rings is 2. The Labute approximate surface area is 174 Å². The van der Waals surface area contributed by atoms with Gasteiger partial charge in [0.05, 0.1) is 28.8 Å². The number of hydrogen-bond acceptors (Lipinski definition) is 4. The van der Waals surface area contributed by atoms with Crippen LogP contribution in [0.2, 0.25) is 0 Å². The second-order valence-electron chi connectivity index (χ2n) is 7.87. The second kappa shape index (κ2) is 6.99. The molecule has 6 rings (SSSR count). The van der Waals surface area contributed by atoms with Crippen molar-refractivity contribution in [2.45, 2.75) is 19.3 Å². The van der Waals surface area contributed by atoms with Gasteiger partial charge in [0.25, 0.3) is 0 Å². The van der Waals surface area contributed by atoms with Crippen molar-refractivity contribution in [3.05, 3.63) is 60.9 Å². The van der Waals surface area contributed by atoms with Crippen LogP contribution < -0.4 is 4.90 Å². The fourth-order valence-corrected chi connectivity index (χ4v) is 4.45. The molecule has 0 amide bonds. The summed E-state index contributed by atoms with van der Waals surface area (Å²) in [6.07, 6.45) is 7.48. The Morgan fingerprint density at radius 2 is 1.73 bits per heavy atom. The smallest absolute Gasteiger partial charge is 0.116 e. The van der Waals surface area contributed by atoms with E-state index in [4.69, 9.17) is 0 Å². The predicted molar refractivity (Wildman–Crippen MR) is 120 cm³/mol. The van der Waals surface area contributed by atoms with Gasteiger partial charge >= 0.3 is 0 Å². The summed E-state index contributed by atoms with van der Waals surface area (Å²) in [6.45, 7) is 2.26. The Hall–Kier alpha value is -3.67. The van der Waals surface area contributed by atoms with E-state index in [-0.39, 0.29) is 0 Å². The molecule has 0 unspecified atom stereocenters. The largest absolute Gasteiger partial charge is 0.371 e. The monoisotopic (exact) mass is 394 g/mol. The van der Waals surface area contributed by atoms with Gasteiger partial charge < -0.3 is 9.88 Å². The highest BCUT2D eigenvalue weighted by Gasteiger charge is 2.17. The first-order valence-electron chi connectivity index (χ1n) is 10.5. The minimum absolute atomic E-state index is 0.843. The molecule has 1 fully saturated rings. The molecule has 4 aromatic heterocycles. The van der Waals surface area contributed by atoms with Crippen LogP contribution in [0.15, 0.2) is 60.9 Å². The van der Waals surface area contributed by atoms with E-state index < -0.39 is 0 Å². The van der Waals surface area contributed by atoms with Gasteiger partial charge in [0.2, 0.25) is 0 Å².